The Hall–Kier alpha value is -6.72. The molecule has 7 aromatic carbocycles. The van der Waals surface area contributed by atoms with Crippen molar-refractivity contribution in [3.05, 3.63) is 187 Å². The van der Waals surface area contributed by atoms with Crippen molar-refractivity contribution in [1.29, 1.82) is 0 Å². The Labute approximate surface area is 289 Å². The van der Waals surface area contributed by atoms with Crippen LogP contribution in [-0.2, 0) is 6.54 Å². The van der Waals surface area contributed by atoms with Crippen molar-refractivity contribution in [3.63, 3.8) is 0 Å². The number of nitrogens with zero attached hydrogens (tertiary/aromatic N) is 3. The van der Waals surface area contributed by atoms with Crippen LogP contribution in [0.15, 0.2) is 184 Å². The summed E-state index contributed by atoms with van der Waals surface area (Å²) >= 11 is 0. The lowest BCUT2D eigenvalue weighted by atomic mass is 10.0. The molecule has 9 aromatic rings. The number of fused-ring (bicyclic) bond motifs is 6. The SMILES string of the molecule is N/C(=N\C(=N/Cc1ccccc1)c1cccc(-n2c3ccccc3c3ccc(-c4ccc5oc6ccccc6c5c4)cc32)c1)c1ccccc1. The molecule has 9 rings (SSSR count). The first-order valence-corrected chi connectivity index (χ1v) is 16.7. The summed E-state index contributed by atoms with van der Waals surface area (Å²) in [5.41, 5.74) is 16.7. The van der Waals surface area contributed by atoms with Crippen LogP contribution in [0.2, 0.25) is 0 Å². The zero-order chi connectivity index (χ0) is 33.4. The molecule has 0 spiro atoms. The summed E-state index contributed by atoms with van der Waals surface area (Å²) < 4.78 is 8.46. The van der Waals surface area contributed by atoms with Gasteiger partial charge in [-0.1, -0.05) is 127 Å². The number of hydrogen-bond donors (Lipinski definition) is 1. The molecule has 0 aliphatic heterocycles. The molecular formula is C45H32N4O. The first-order chi connectivity index (χ1) is 24.7. The summed E-state index contributed by atoms with van der Waals surface area (Å²) in [7, 11) is 0. The van der Waals surface area contributed by atoms with Gasteiger partial charge in [0.05, 0.1) is 17.6 Å². The summed E-state index contributed by atoms with van der Waals surface area (Å²) in [4.78, 5) is 9.91. The van der Waals surface area contributed by atoms with E-state index in [1.165, 1.54) is 10.8 Å². The number of amidine groups is 2. The molecule has 5 heteroatoms. The number of rotatable bonds is 6. The average Bonchev–Trinajstić information content (AvgIpc) is 3.72. The zero-order valence-electron chi connectivity index (χ0n) is 27.2. The van der Waals surface area contributed by atoms with Crippen LogP contribution in [0.1, 0.15) is 16.7 Å². The maximum absolute atomic E-state index is 6.57. The maximum atomic E-state index is 6.57. The van der Waals surface area contributed by atoms with Gasteiger partial charge in [-0.25, -0.2) is 4.99 Å². The van der Waals surface area contributed by atoms with Crippen LogP contribution < -0.4 is 5.73 Å². The third kappa shape index (κ3) is 5.31. The predicted octanol–water partition coefficient (Wildman–Crippen LogP) is 10.7. The zero-order valence-corrected chi connectivity index (χ0v) is 27.2. The summed E-state index contributed by atoms with van der Waals surface area (Å²) in [6, 6.07) is 58.4. The maximum Gasteiger partial charge on any atom is 0.157 e. The lowest BCUT2D eigenvalue weighted by Gasteiger charge is -2.12. The number of aromatic nitrogens is 1. The van der Waals surface area contributed by atoms with E-state index in [0.717, 1.165) is 66.5 Å². The smallest absolute Gasteiger partial charge is 0.157 e. The normalized spacial score (nSPS) is 12.4. The van der Waals surface area contributed by atoms with Gasteiger partial charge in [-0.05, 0) is 59.2 Å². The quantitative estimate of drug-likeness (QED) is 0.145. The highest BCUT2D eigenvalue weighted by molar-refractivity contribution is 6.13. The van der Waals surface area contributed by atoms with E-state index in [1.807, 2.05) is 60.7 Å². The molecule has 0 saturated heterocycles. The molecule has 2 N–H and O–H groups in total. The Morgan fingerprint density at radius 3 is 2.04 bits per heavy atom. The lowest BCUT2D eigenvalue weighted by Crippen LogP contribution is -2.16. The summed E-state index contributed by atoms with van der Waals surface area (Å²) in [5.74, 6) is 1.01. The number of para-hydroxylation sites is 2. The third-order valence-electron chi connectivity index (χ3n) is 9.30. The van der Waals surface area contributed by atoms with Crippen LogP contribution in [0, 0.1) is 0 Å². The molecule has 50 heavy (non-hydrogen) atoms. The Morgan fingerprint density at radius 2 is 1.18 bits per heavy atom. The number of benzene rings is 7. The van der Waals surface area contributed by atoms with Gasteiger partial charge in [0.2, 0.25) is 0 Å². The van der Waals surface area contributed by atoms with Crippen LogP contribution in [0.4, 0.5) is 0 Å². The second-order valence-corrected chi connectivity index (χ2v) is 12.4. The lowest BCUT2D eigenvalue weighted by molar-refractivity contribution is 0.669. The molecule has 0 saturated carbocycles. The molecule has 0 fully saturated rings. The molecule has 238 valence electrons. The molecule has 2 aromatic heterocycles. The highest BCUT2D eigenvalue weighted by Crippen LogP contribution is 2.37. The monoisotopic (exact) mass is 644 g/mol. The number of aliphatic imine (C=N–C) groups is 2. The topological polar surface area (TPSA) is 68.8 Å². The van der Waals surface area contributed by atoms with Gasteiger partial charge in [0, 0.05) is 38.4 Å². The van der Waals surface area contributed by atoms with Gasteiger partial charge < -0.3 is 14.7 Å². The molecule has 2 heterocycles. The van der Waals surface area contributed by atoms with Gasteiger partial charge in [0.15, 0.2) is 5.84 Å². The van der Waals surface area contributed by atoms with Gasteiger partial charge in [-0.3, -0.25) is 4.99 Å². The highest BCUT2D eigenvalue weighted by Gasteiger charge is 2.16. The fraction of sp³-hybridized carbons (Fsp3) is 0.0222. The first-order valence-electron chi connectivity index (χ1n) is 16.7. The Bertz CT molecular complexity index is 2740. The number of hydrogen-bond acceptors (Lipinski definition) is 2. The largest absolute Gasteiger partial charge is 0.456 e. The van der Waals surface area contributed by atoms with E-state index in [1.54, 1.807) is 0 Å². The fourth-order valence-corrected chi connectivity index (χ4v) is 6.85. The van der Waals surface area contributed by atoms with Crippen LogP contribution in [-0.4, -0.2) is 16.2 Å². The van der Waals surface area contributed by atoms with Crippen molar-refractivity contribution >= 4 is 55.4 Å². The molecule has 0 unspecified atom stereocenters. The third-order valence-corrected chi connectivity index (χ3v) is 9.30. The van der Waals surface area contributed by atoms with Gasteiger partial charge in [-0.15, -0.1) is 0 Å². The molecule has 0 aliphatic carbocycles. The second kappa shape index (κ2) is 12.4. The minimum atomic E-state index is 0.423. The van der Waals surface area contributed by atoms with Crippen LogP contribution in [0.5, 0.6) is 0 Å². The predicted molar refractivity (Wildman–Crippen MR) is 207 cm³/mol. The van der Waals surface area contributed by atoms with Crippen molar-refractivity contribution in [1.82, 2.24) is 4.57 Å². The van der Waals surface area contributed by atoms with Crippen molar-refractivity contribution in [3.8, 4) is 16.8 Å². The standard InChI is InChI=1S/C45H32N4O/c46-44(31-14-5-2-6-15-31)48-45(47-29-30-12-3-1-4-13-30)34-16-11-17-35(26-34)49-40-20-9-7-18-36(40)37-24-22-33(28-41(37)49)32-23-25-43-39(27-32)38-19-8-10-21-42(38)50-43/h1-28H,29H2,(H2,46,47,48). The van der Waals surface area contributed by atoms with E-state index < -0.39 is 0 Å². The van der Waals surface area contributed by atoms with E-state index in [4.69, 9.17) is 20.1 Å². The summed E-state index contributed by atoms with van der Waals surface area (Å²) in [6.45, 7) is 0.487. The highest BCUT2D eigenvalue weighted by atomic mass is 16.3. The summed E-state index contributed by atoms with van der Waals surface area (Å²) in [6.07, 6.45) is 0. The van der Waals surface area contributed by atoms with Crippen molar-refractivity contribution in [2.75, 3.05) is 0 Å². The van der Waals surface area contributed by atoms with Crippen LogP contribution in [0.25, 0.3) is 60.6 Å². The van der Waals surface area contributed by atoms with Crippen molar-refractivity contribution in [2.24, 2.45) is 15.7 Å². The molecule has 0 radical (unpaired) electrons. The first kappa shape index (κ1) is 29.4. The minimum absolute atomic E-state index is 0.423. The second-order valence-electron chi connectivity index (χ2n) is 12.4. The summed E-state index contributed by atoms with van der Waals surface area (Å²) in [5, 5.41) is 4.62. The van der Waals surface area contributed by atoms with E-state index in [9.17, 15) is 0 Å². The molecule has 5 nitrogen and oxygen atoms in total. The van der Waals surface area contributed by atoms with E-state index in [-0.39, 0.29) is 0 Å². The van der Waals surface area contributed by atoms with Crippen molar-refractivity contribution < 1.29 is 4.42 Å². The Balaban J connectivity index is 1.19. The average molecular weight is 645 g/mol. The van der Waals surface area contributed by atoms with Crippen LogP contribution in [0.3, 0.4) is 0 Å². The van der Waals surface area contributed by atoms with Gasteiger partial charge >= 0.3 is 0 Å². The molecule has 0 amide bonds. The molecular weight excluding hydrogens is 613 g/mol. The molecule has 0 atom stereocenters. The molecule has 0 aliphatic rings. The van der Waals surface area contributed by atoms with E-state index in [0.29, 0.717) is 18.2 Å². The van der Waals surface area contributed by atoms with Crippen LogP contribution >= 0.6 is 0 Å². The number of nitrogens with two attached hydrogens (primary N) is 1. The van der Waals surface area contributed by atoms with Crippen molar-refractivity contribution in [2.45, 2.75) is 6.54 Å². The number of furan rings is 1. The Kier molecular flexibility index (Phi) is 7.29. The van der Waals surface area contributed by atoms with E-state index in [2.05, 4.69) is 114 Å². The minimum Gasteiger partial charge on any atom is -0.456 e. The van der Waals surface area contributed by atoms with Gasteiger partial charge in [0.25, 0.3) is 0 Å². The fourth-order valence-electron chi connectivity index (χ4n) is 6.85. The van der Waals surface area contributed by atoms with Gasteiger partial charge in [-0.2, -0.15) is 0 Å². The Morgan fingerprint density at radius 1 is 0.520 bits per heavy atom. The van der Waals surface area contributed by atoms with Gasteiger partial charge in [0.1, 0.15) is 17.0 Å². The van der Waals surface area contributed by atoms with E-state index >= 15 is 0 Å². The molecule has 0 bridgehead atoms.